The maximum absolute atomic E-state index is 12.5. The molecule has 9 nitrogen and oxygen atoms in total. The van der Waals surface area contributed by atoms with Crippen LogP contribution in [-0.2, 0) is 14.8 Å². The number of hydrogen-bond acceptors (Lipinski definition) is 6. The number of rotatable bonds is 5. The van der Waals surface area contributed by atoms with Crippen LogP contribution < -0.4 is 4.72 Å². The average Bonchev–Trinajstić information content (AvgIpc) is 2.68. The van der Waals surface area contributed by atoms with E-state index in [9.17, 15) is 23.3 Å². The normalized spacial score (nSPS) is 14.6. The van der Waals surface area contributed by atoms with Gasteiger partial charge in [-0.25, -0.2) is 8.42 Å². The SMILES string of the molecule is O=C(c1ccc(NS(=O)(=O)c2ccccc2[N+](=O)[O-])cc1)N1CCOCC1. The zero-order chi connectivity index (χ0) is 19.4. The van der Waals surface area contributed by atoms with Gasteiger partial charge >= 0.3 is 0 Å². The van der Waals surface area contributed by atoms with Gasteiger partial charge in [0.2, 0.25) is 0 Å². The van der Waals surface area contributed by atoms with Crippen molar-refractivity contribution in [2.75, 3.05) is 31.0 Å². The molecule has 27 heavy (non-hydrogen) atoms. The van der Waals surface area contributed by atoms with Gasteiger partial charge in [-0.05, 0) is 30.3 Å². The standard InChI is InChI=1S/C17H17N3O6S/c21-17(19-9-11-26-12-10-19)13-5-7-14(8-6-13)18-27(24,25)16-4-2-1-3-15(16)20(22)23/h1-8,18H,9-12H2. The van der Waals surface area contributed by atoms with Crippen molar-refractivity contribution in [3.05, 3.63) is 64.2 Å². The number of nitro benzene ring substituents is 1. The average molecular weight is 391 g/mol. The molecule has 1 amide bonds. The van der Waals surface area contributed by atoms with Gasteiger partial charge in [0.15, 0.2) is 4.90 Å². The summed E-state index contributed by atoms with van der Waals surface area (Å²) in [6.07, 6.45) is 0. The summed E-state index contributed by atoms with van der Waals surface area (Å²) in [6, 6.07) is 11.0. The predicted molar refractivity (Wildman–Crippen MR) is 97.1 cm³/mol. The quantitative estimate of drug-likeness (QED) is 0.614. The number of nitrogens with zero attached hydrogens (tertiary/aromatic N) is 2. The molecule has 1 heterocycles. The molecule has 2 aromatic rings. The molecular formula is C17H17N3O6S. The van der Waals surface area contributed by atoms with Crippen LogP contribution in [-0.4, -0.2) is 50.5 Å². The molecule has 142 valence electrons. The maximum atomic E-state index is 12.5. The highest BCUT2D eigenvalue weighted by molar-refractivity contribution is 7.92. The molecule has 0 atom stereocenters. The maximum Gasteiger partial charge on any atom is 0.289 e. The molecule has 0 unspecified atom stereocenters. The first-order chi connectivity index (χ1) is 12.9. The Bertz CT molecular complexity index is 953. The Kier molecular flexibility index (Phi) is 5.38. The van der Waals surface area contributed by atoms with Crippen molar-refractivity contribution in [1.82, 2.24) is 4.90 Å². The molecular weight excluding hydrogens is 374 g/mol. The minimum Gasteiger partial charge on any atom is -0.378 e. The second kappa shape index (κ2) is 7.72. The summed E-state index contributed by atoms with van der Waals surface area (Å²) in [7, 11) is -4.15. The largest absolute Gasteiger partial charge is 0.378 e. The van der Waals surface area contributed by atoms with Crippen LogP contribution in [0, 0.1) is 10.1 Å². The van der Waals surface area contributed by atoms with Crippen LogP contribution in [0.3, 0.4) is 0 Å². The van der Waals surface area contributed by atoms with E-state index in [1.54, 1.807) is 4.90 Å². The molecule has 1 fully saturated rings. The second-order valence-corrected chi connectivity index (χ2v) is 7.46. The minimum atomic E-state index is -4.15. The van der Waals surface area contributed by atoms with Crippen LogP contribution in [0.4, 0.5) is 11.4 Å². The third kappa shape index (κ3) is 4.23. The lowest BCUT2D eigenvalue weighted by Crippen LogP contribution is -2.40. The smallest absolute Gasteiger partial charge is 0.289 e. The van der Waals surface area contributed by atoms with Gasteiger partial charge in [0.05, 0.1) is 18.1 Å². The van der Waals surface area contributed by atoms with Crippen molar-refractivity contribution in [2.24, 2.45) is 0 Å². The number of carbonyl (C=O) groups is 1. The Hall–Kier alpha value is -2.98. The van der Waals surface area contributed by atoms with Gasteiger partial charge in [-0.3, -0.25) is 19.6 Å². The van der Waals surface area contributed by atoms with Crippen molar-refractivity contribution in [3.63, 3.8) is 0 Å². The van der Waals surface area contributed by atoms with E-state index in [-0.39, 0.29) is 11.6 Å². The van der Waals surface area contributed by atoms with Gasteiger partial charge in [0.25, 0.3) is 21.6 Å². The fraction of sp³-hybridized carbons (Fsp3) is 0.235. The van der Waals surface area contributed by atoms with Crippen LogP contribution in [0.5, 0.6) is 0 Å². The number of carbonyl (C=O) groups excluding carboxylic acids is 1. The van der Waals surface area contributed by atoms with Crippen LogP contribution in [0.1, 0.15) is 10.4 Å². The molecule has 1 N–H and O–H groups in total. The number of hydrogen-bond donors (Lipinski definition) is 1. The first-order valence-corrected chi connectivity index (χ1v) is 9.60. The van der Waals surface area contributed by atoms with Crippen LogP contribution in [0.2, 0.25) is 0 Å². The van der Waals surface area contributed by atoms with Crippen molar-refractivity contribution in [3.8, 4) is 0 Å². The second-order valence-electron chi connectivity index (χ2n) is 5.81. The lowest BCUT2D eigenvalue weighted by molar-refractivity contribution is -0.387. The van der Waals surface area contributed by atoms with E-state index in [0.29, 0.717) is 31.9 Å². The van der Waals surface area contributed by atoms with Gasteiger partial charge in [-0.1, -0.05) is 12.1 Å². The third-order valence-electron chi connectivity index (χ3n) is 4.03. The van der Waals surface area contributed by atoms with Gasteiger partial charge in [-0.2, -0.15) is 0 Å². The summed E-state index contributed by atoms with van der Waals surface area (Å²) in [5.74, 6) is -0.161. The van der Waals surface area contributed by atoms with Crippen LogP contribution >= 0.6 is 0 Å². The van der Waals surface area contributed by atoms with Gasteiger partial charge in [0.1, 0.15) is 0 Å². The van der Waals surface area contributed by atoms with E-state index in [4.69, 9.17) is 4.74 Å². The number of para-hydroxylation sites is 1. The molecule has 10 heteroatoms. The van der Waals surface area contributed by atoms with Gasteiger partial charge in [-0.15, -0.1) is 0 Å². The van der Waals surface area contributed by atoms with Crippen molar-refractivity contribution in [1.29, 1.82) is 0 Å². The summed E-state index contributed by atoms with van der Waals surface area (Å²) < 4.78 is 32.5. The fourth-order valence-electron chi connectivity index (χ4n) is 2.68. The Morgan fingerprint density at radius 3 is 2.33 bits per heavy atom. The lowest BCUT2D eigenvalue weighted by Gasteiger charge is -2.26. The van der Waals surface area contributed by atoms with E-state index < -0.39 is 25.5 Å². The Labute approximate surface area is 155 Å². The van der Waals surface area contributed by atoms with Gasteiger partial charge in [0, 0.05) is 30.4 Å². The van der Waals surface area contributed by atoms with E-state index in [0.717, 1.165) is 12.1 Å². The molecule has 0 spiro atoms. The van der Waals surface area contributed by atoms with E-state index in [1.807, 2.05) is 0 Å². The summed E-state index contributed by atoms with van der Waals surface area (Å²) in [6.45, 7) is 1.98. The Morgan fingerprint density at radius 1 is 1.07 bits per heavy atom. The molecule has 3 rings (SSSR count). The molecule has 0 radical (unpaired) electrons. The first-order valence-electron chi connectivity index (χ1n) is 8.12. The topological polar surface area (TPSA) is 119 Å². The number of anilines is 1. The lowest BCUT2D eigenvalue weighted by atomic mass is 10.2. The highest BCUT2D eigenvalue weighted by Crippen LogP contribution is 2.25. The van der Waals surface area contributed by atoms with Crippen LogP contribution in [0.25, 0.3) is 0 Å². The van der Waals surface area contributed by atoms with Crippen molar-refractivity contribution in [2.45, 2.75) is 4.90 Å². The fourth-order valence-corrected chi connectivity index (χ4v) is 3.91. The summed E-state index contributed by atoms with van der Waals surface area (Å²) in [4.78, 5) is 23.9. The number of ether oxygens (including phenoxy) is 1. The number of benzene rings is 2. The Balaban J connectivity index is 1.78. The number of nitrogens with one attached hydrogen (secondary N) is 1. The zero-order valence-corrected chi connectivity index (χ0v) is 15.0. The number of sulfonamides is 1. The molecule has 0 aliphatic carbocycles. The number of morpholine rings is 1. The highest BCUT2D eigenvalue weighted by Gasteiger charge is 2.25. The van der Waals surface area contributed by atoms with E-state index in [2.05, 4.69) is 4.72 Å². The minimum absolute atomic E-state index is 0.161. The van der Waals surface area contributed by atoms with E-state index >= 15 is 0 Å². The van der Waals surface area contributed by atoms with Crippen molar-refractivity contribution < 1.29 is 22.9 Å². The summed E-state index contributed by atoms with van der Waals surface area (Å²) >= 11 is 0. The Morgan fingerprint density at radius 2 is 1.70 bits per heavy atom. The first kappa shape index (κ1) is 18.8. The summed E-state index contributed by atoms with van der Waals surface area (Å²) in [5, 5.41) is 11.1. The monoisotopic (exact) mass is 391 g/mol. The molecule has 0 aromatic heterocycles. The zero-order valence-electron chi connectivity index (χ0n) is 14.2. The summed E-state index contributed by atoms with van der Waals surface area (Å²) in [5.41, 5.74) is 0.112. The van der Waals surface area contributed by atoms with E-state index in [1.165, 1.54) is 36.4 Å². The third-order valence-corrected chi connectivity index (χ3v) is 5.46. The van der Waals surface area contributed by atoms with Crippen molar-refractivity contribution >= 4 is 27.3 Å². The number of amides is 1. The van der Waals surface area contributed by atoms with Gasteiger partial charge < -0.3 is 9.64 Å². The molecule has 0 saturated carbocycles. The van der Waals surface area contributed by atoms with Crippen LogP contribution in [0.15, 0.2) is 53.4 Å². The predicted octanol–water partition coefficient (Wildman–Crippen LogP) is 1.87. The number of nitro groups is 1. The highest BCUT2D eigenvalue weighted by atomic mass is 32.2. The molecule has 1 aliphatic rings. The molecule has 2 aromatic carbocycles. The molecule has 1 saturated heterocycles. The molecule has 1 aliphatic heterocycles. The molecule has 0 bridgehead atoms.